The first kappa shape index (κ1) is 16.7. The van der Waals surface area contributed by atoms with E-state index in [9.17, 15) is 4.79 Å². The minimum Gasteiger partial charge on any atom is -0.495 e. The van der Waals surface area contributed by atoms with Crippen molar-refractivity contribution in [1.82, 2.24) is 4.90 Å². The van der Waals surface area contributed by atoms with Crippen molar-refractivity contribution in [3.63, 3.8) is 0 Å². The molecular formula is C20H28N2O3. The molecule has 25 heavy (non-hydrogen) atoms. The lowest BCUT2D eigenvalue weighted by Crippen LogP contribution is -2.47. The predicted octanol–water partition coefficient (Wildman–Crippen LogP) is 2.69. The second-order valence-corrected chi connectivity index (χ2v) is 7.65. The van der Waals surface area contributed by atoms with Crippen molar-refractivity contribution in [3.05, 3.63) is 24.3 Å². The van der Waals surface area contributed by atoms with E-state index in [0.29, 0.717) is 0 Å². The molecule has 1 atom stereocenters. The molecule has 5 nitrogen and oxygen atoms in total. The predicted molar refractivity (Wildman–Crippen MR) is 97.0 cm³/mol. The molecule has 0 amide bonds. The van der Waals surface area contributed by atoms with Gasteiger partial charge in [-0.25, -0.2) is 0 Å². The number of methoxy groups -OCH3 is 1. The number of rotatable bonds is 5. The van der Waals surface area contributed by atoms with Crippen LogP contribution in [0.2, 0.25) is 0 Å². The first-order valence-corrected chi connectivity index (χ1v) is 9.52. The second kappa shape index (κ2) is 6.87. The van der Waals surface area contributed by atoms with E-state index in [0.717, 1.165) is 64.2 Å². The summed E-state index contributed by atoms with van der Waals surface area (Å²) >= 11 is 0. The van der Waals surface area contributed by atoms with Gasteiger partial charge in [0.15, 0.2) is 0 Å². The number of hydrogen-bond acceptors (Lipinski definition) is 5. The Labute approximate surface area is 149 Å². The minimum atomic E-state index is -0.0901. The van der Waals surface area contributed by atoms with Gasteiger partial charge in [0.05, 0.1) is 18.2 Å². The molecule has 3 aliphatic rings. The topological polar surface area (TPSA) is 42.0 Å². The number of carbonyl (C=O) groups excluding carboxylic acids is 1. The highest BCUT2D eigenvalue weighted by atomic mass is 16.6. The Hall–Kier alpha value is -1.75. The summed E-state index contributed by atoms with van der Waals surface area (Å²) in [5, 5.41) is 0. The number of ether oxygens (including phenoxy) is 2. The van der Waals surface area contributed by atoms with Gasteiger partial charge in [-0.05, 0) is 31.4 Å². The fourth-order valence-electron chi connectivity index (χ4n) is 4.44. The lowest BCUT2D eigenvalue weighted by Gasteiger charge is -2.37. The van der Waals surface area contributed by atoms with Gasteiger partial charge in [-0.15, -0.1) is 0 Å². The number of cyclic esters (lactones) is 1. The summed E-state index contributed by atoms with van der Waals surface area (Å²) in [6.07, 6.45) is 5.34. The van der Waals surface area contributed by atoms with Crippen molar-refractivity contribution < 1.29 is 14.3 Å². The van der Waals surface area contributed by atoms with Crippen molar-refractivity contribution in [2.75, 3.05) is 44.7 Å². The smallest absolute Gasteiger partial charge is 0.312 e. The van der Waals surface area contributed by atoms with E-state index in [-0.39, 0.29) is 17.5 Å². The van der Waals surface area contributed by atoms with Crippen LogP contribution >= 0.6 is 0 Å². The van der Waals surface area contributed by atoms with E-state index in [1.54, 1.807) is 7.11 Å². The number of carbonyl (C=O) groups is 1. The van der Waals surface area contributed by atoms with E-state index in [1.165, 1.54) is 12.1 Å². The summed E-state index contributed by atoms with van der Waals surface area (Å²) in [6.45, 7) is 5.13. The number of esters is 1. The zero-order chi connectivity index (χ0) is 17.3. The molecule has 1 aliphatic carbocycles. The van der Waals surface area contributed by atoms with Gasteiger partial charge in [-0.1, -0.05) is 18.6 Å². The Morgan fingerprint density at radius 2 is 1.96 bits per heavy atom. The van der Waals surface area contributed by atoms with Gasteiger partial charge in [-0.3, -0.25) is 9.69 Å². The van der Waals surface area contributed by atoms with Crippen molar-refractivity contribution >= 4 is 11.7 Å². The molecule has 1 spiro atoms. The van der Waals surface area contributed by atoms with E-state index >= 15 is 0 Å². The first-order valence-electron chi connectivity index (χ1n) is 9.52. The number of hydrogen-bond donors (Lipinski definition) is 0. The van der Waals surface area contributed by atoms with Crippen LogP contribution < -0.4 is 9.64 Å². The third-order valence-electron chi connectivity index (χ3n) is 6.20. The Morgan fingerprint density at radius 3 is 2.60 bits per heavy atom. The number of para-hydroxylation sites is 2. The molecule has 3 fully saturated rings. The second-order valence-electron chi connectivity index (χ2n) is 7.65. The average Bonchev–Trinajstić information content (AvgIpc) is 2.97. The Morgan fingerprint density at radius 1 is 1.20 bits per heavy atom. The van der Waals surface area contributed by atoms with E-state index in [4.69, 9.17) is 9.47 Å². The van der Waals surface area contributed by atoms with Crippen LogP contribution in [0.5, 0.6) is 5.75 Å². The molecular weight excluding hydrogens is 316 g/mol. The van der Waals surface area contributed by atoms with Gasteiger partial charge in [0, 0.05) is 39.1 Å². The van der Waals surface area contributed by atoms with Crippen LogP contribution in [0.25, 0.3) is 0 Å². The third kappa shape index (κ3) is 3.22. The Kier molecular flexibility index (Phi) is 4.59. The number of benzene rings is 1. The maximum Gasteiger partial charge on any atom is 0.312 e. The standard InChI is InChI=1S/C20H28N2O3/c1-24-18-6-3-2-5-17(18)22-13-11-21(12-14-22)10-7-16-15-20(8-4-9-20)19(23)25-16/h2-3,5-6,16H,4,7-15H2,1H3. The first-order chi connectivity index (χ1) is 12.2. The number of piperazine rings is 1. The van der Waals surface area contributed by atoms with Gasteiger partial charge in [0.2, 0.25) is 0 Å². The van der Waals surface area contributed by atoms with E-state index < -0.39 is 0 Å². The monoisotopic (exact) mass is 344 g/mol. The van der Waals surface area contributed by atoms with Crippen molar-refractivity contribution in [3.8, 4) is 5.75 Å². The zero-order valence-electron chi connectivity index (χ0n) is 15.1. The van der Waals surface area contributed by atoms with Crippen LogP contribution in [0.15, 0.2) is 24.3 Å². The lowest BCUT2D eigenvalue weighted by atomic mass is 9.67. The van der Waals surface area contributed by atoms with Crippen LogP contribution in [0.1, 0.15) is 32.1 Å². The quantitative estimate of drug-likeness (QED) is 0.768. The normalized spacial score (nSPS) is 25.7. The molecule has 0 radical (unpaired) electrons. The van der Waals surface area contributed by atoms with Crippen LogP contribution in [0.3, 0.4) is 0 Å². The van der Waals surface area contributed by atoms with E-state index in [2.05, 4.69) is 21.9 Å². The van der Waals surface area contributed by atoms with Crippen molar-refractivity contribution in [2.45, 2.75) is 38.2 Å². The molecule has 1 aromatic carbocycles. The number of nitrogens with zero attached hydrogens (tertiary/aromatic N) is 2. The van der Waals surface area contributed by atoms with Crippen molar-refractivity contribution in [2.24, 2.45) is 5.41 Å². The molecule has 0 bridgehead atoms. The maximum absolute atomic E-state index is 12.0. The summed E-state index contributed by atoms with van der Waals surface area (Å²) in [4.78, 5) is 16.9. The molecule has 136 valence electrons. The molecule has 2 saturated heterocycles. The fraction of sp³-hybridized carbons (Fsp3) is 0.650. The van der Waals surface area contributed by atoms with Crippen LogP contribution in [0.4, 0.5) is 5.69 Å². The molecule has 0 aromatic heterocycles. The average molecular weight is 344 g/mol. The van der Waals surface area contributed by atoms with Gasteiger partial charge < -0.3 is 14.4 Å². The molecule has 1 unspecified atom stereocenters. The lowest BCUT2D eigenvalue weighted by molar-refractivity contribution is -0.152. The van der Waals surface area contributed by atoms with Gasteiger partial charge in [-0.2, -0.15) is 0 Å². The van der Waals surface area contributed by atoms with Crippen LogP contribution in [-0.4, -0.2) is 56.8 Å². The summed E-state index contributed by atoms with van der Waals surface area (Å²) < 4.78 is 11.1. The van der Waals surface area contributed by atoms with Gasteiger partial charge in [0.1, 0.15) is 11.9 Å². The van der Waals surface area contributed by atoms with Gasteiger partial charge in [0.25, 0.3) is 0 Å². The highest BCUT2D eigenvalue weighted by Gasteiger charge is 2.52. The molecule has 2 aliphatic heterocycles. The SMILES string of the molecule is COc1ccccc1N1CCN(CCC2CC3(CCC3)C(=O)O2)CC1. The maximum atomic E-state index is 12.0. The summed E-state index contributed by atoms with van der Waals surface area (Å²) in [7, 11) is 1.73. The summed E-state index contributed by atoms with van der Waals surface area (Å²) in [6, 6.07) is 8.22. The van der Waals surface area contributed by atoms with Crippen LogP contribution in [-0.2, 0) is 9.53 Å². The summed E-state index contributed by atoms with van der Waals surface area (Å²) in [5.74, 6) is 1.02. The van der Waals surface area contributed by atoms with Crippen molar-refractivity contribution in [1.29, 1.82) is 0 Å². The highest BCUT2D eigenvalue weighted by Crippen LogP contribution is 2.50. The molecule has 5 heteroatoms. The highest BCUT2D eigenvalue weighted by molar-refractivity contribution is 5.80. The Bertz CT molecular complexity index is 621. The largest absolute Gasteiger partial charge is 0.495 e. The molecule has 2 heterocycles. The third-order valence-corrected chi connectivity index (χ3v) is 6.20. The molecule has 4 rings (SSSR count). The fourth-order valence-corrected chi connectivity index (χ4v) is 4.44. The van der Waals surface area contributed by atoms with Crippen LogP contribution in [0, 0.1) is 5.41 Å². The molecule has 1 aromatic rings. The van der Waals surface area contributed by atoms with E-state index in [1.807, 2.05) is 12.1 Å². The number of anilines is 1. The van der Waals surface area contributed by atoms with Gasteiger partial charge >= 0.3 is 5.97 Å². The zero-order valence-corrected chi connectivity index (χ0v) is 15.1. The molecule has 0 N–H and O–H groups in total. The Balaban J connectivity index is 1.25. The summed E-state index contributed by atoms with van der Waals surface area (Å²) in [5.41, 5.74) is 1.09. The molecule has 1 saturated carbocycles. The minimum absolute atomic E-state index is 0.0738.